The van der Waals surface area contributed by atoms with Crippen molar-refractivity contribution in [2.24, 2.45) is 11.5 Å². The van der Waals surface area contributed by atoms with E-state index in [-0.39, 0.29) is 18.6 Å². The Morgan fingerprint density at radius 1 is 1.10 bits per heavy atom. The van der Waals surface area contributed by atoms with Crippen molar-refractivity contribution in [1.82, 2.24) is 25.9 Å². The van der Waals surface area contributed by atoms with Gasteiger partial charge in [-0.15, -0.1) is 0 Å². The van der Waals surface area contributed by atoms with Gasteiger partial charge in [-0.05, 0) is 32.7 Å². The second-order valence-electron chi connectivity index (χ2n) is 7.06. The summed E-state index contributed by atoms with van der Waals surface area (Å²) in [6.07, 6.45) is 4.25. The van der Waals surface area contributed by atoms with Crippen LogP contribution in [0, 0.1) is 0 Å². The number of amides is 3. The molecular weight excluding hydrogens is 426 g/mol. The Morgan fingerprint density at radius 3 is 2.23 bits per heavy atom. The molecule has 13 heteroatoms. The van der Waals surface area contributed by atoms with Gasteiger partial charge >= 0.3 is 5.97 Å². The number of aromatic nitrogens is 2. The van der Waals surface area contributed by atoms with Crippen LogP contribution in [0.3, 0.4) is 0 Å². The van der Waals surface area contributed by atoms with Gasteiger partial charge in [-0.25, -0.2) is 9.78 Å². The van der Waals surface area contributed by atoms with E-state index in [9.17, 15) is 24.3 Å². The lowest BCUT2D eigenvalue weighted by Gasteiger charge is -2.24. The molecule has 1 aromatic heterocycles. The van der Waals surface area contributed by atoms with Gasteiger partial charge in [0.25, 0.3) is 0 Å². The maximum atomic E-state index is 12.8. The number of rotatable bonds is 14. The van der Waals surface area contributed by atoms with Crippen molar-refractivity contribution in [2.45, 2.75) is 56.8 Å². The van der Waals surface area contributed by atoms with E-state index in [2.05, 4.69) is 38.5 Å². The smallest absolute Gasteiger partial charge is 0.326 e. The molecule has 174 valence electrons. The first-order chi connectivity index (χ1) is 14.7. The van der Waals surface area contributed by atoms with Crippen LogP contribution in [0.5, 0.6) is 0 Å². The van der Waals surface area contributed by atoms with Gasteiger partial charge in [-0.3, -0.25) is 14.4 Å². The molecule has 0 bridgehead atoms. The molecule has 12 nitrogen and oxygen atoms in total. The van der Waals surface area contributed by atoms with Gasteiger partial charge in [-0.2, -0.15) is 12.6 Å². The van der Waals surface area contributed by atoms with E-state index in [1.165, 1.54) is 19.4 Å². The Kier molecular flexibility index (Phi) is 11.6. The molecule has 0 aliphatic rings. The molecule has 0 spiro atoms. The summed E-state index contributed by atoms with van der Waals surface area (Å²) in [5.41, 5.74) is 11.5. The van der Waals surface area contributed by atoms with Crippen LogP contribution in [0.15, 0.2) is 12.5 Å². The van der Waals surface area contributed by atoms with Gasteiger partial charge in [0.15, 0.2) is 0 Å². The predicted octanol–water partition coefficient (Wildman–Crippen LogP) is -2.10. The molecule has 0 fully saturated rings. The van der Waals surface area contributed by atoms with Crippen LogP contribution in [-0.4, -0.2) is 75.2 Å². The van der Waals surface area contributed by atoms with E-state index in [1.54, 1.807) is 0 Å². The summed E-state index contributed by atoms with van der Waals surface area (Å²) in [5, 5.41) is 16.9. The third-order valence-corrected chi connectivity index (χ3v) is 4.77. The monoisotopic (exact) mass is 457 g/mol. The molecule has 31 heavy (non-hydrogen) atoms. The first-order valence-electron chi connectivity index (χ1n) is 9.87. The Bertz CT molecular complexity index is 729. The first kappa shape index (κ1) is 26.4. The number of aliphatic carboxylic acids is 1. The summed E-state index contributed by atoms with van der Waals surface area (Å²) in [7, 11) is 0. The number of carbonyl (C=O) groups is 4. The number of imidazole rings is 1. The maximum Gasteiger partial charge on any atom is 0.326 e. The molecule has 1 aromatic rings. The number of unbranched alkanes of at least 4 members (excludes halogenated alkanes) is 1. The summed E-state index contributed by atoms with van der Waals surface area (Å²) in [6.45, 7) is 1.88. The molecule has 0 saturated heterocycles. The van der Waals surface area contributed by atoms with Gasteiger partial charge in [0.05, 0.1) is 12.4 Å². The van der Waals surface area contributed by atoms with Crippen molar-refractivity contribution in [3.05, 3.63) is 18.2 Å². The zero-order valence-electron chi connectivity index (χ0n) is 17.3. The number of nitrogens with one attached hydrogen (secondary N) is 4. The zero-order valence-corrected chi connectivity index (χ0v) is 18.2. The Hall–Kier alpha value is -2.64. The van der Waals surface area contributed by atoms with E-state index in [4.69, 9.17) is 11.5 Å². The van der Waals surface area contributed by atoms with Crippen LogP contribution in [0.2, 0.25) is 0 Å². The predicted molar refractivity (Wildman–Crippen MR) is 116 cm³/mol. The molecule has 0 aromatic carbocycles. The van der Waals surface area contributed by atoms with E-state index in [0.29, 0.717) is 25.1 Å². The summed E-state index contributed by atoms with van der Waals surface area (Å²) in [5.74, 6) is -3.07. The molecule has 3 amide bonds. The first-order valence-corrected chi connectivity index (χ1v) is 10.5. The summed E-state index contributed by atoms with van der Waals surface area (Å²) in [4.78, 5) is 55.4. The summed E-state index contributed by atoms with van der Waals surface area (Å²) in [6, 6.07) is -4.07. The van der Waals surface area contributed by atoms with Crippen molar-refractivity contribution >= 4 is 36.3 Å². The largest absolute Gasteiger partial charge is 0.480 e. The number of H-pyrrole nitrogens is 1. The Labute approximate surface area is 185 Å². The highest BCUT2D eigenvalue weighted by molar-refractivity contribution is 7.80. The average Bonchev–Trinajstić information content (AvgIpc) is 3.23. The van der Waals surface area contributed by atoms with Gasteiger partial charge in [-0.1, -0.05) is 0 Å². The number of nitrogens with zero attached hydrogens (tertiary/aromatic N) is 1. The van der Waals surface area contributed by atoms with Gasteiger partial charge in [0.2, 0.25) is 17.7 Å². The van der Waals surface area contributed by atoms with Gasteiger partial charge in [0, 0.05) is 24.1 Å². The minimum absolute atomic E-state index is 0.00570. The van der Waals surface area contributed by atoms with Crippen LogP contribution in [-0.2, 0) is 25.6 Å². The van der Waals surface area contributed by atoms with E-state index in [1.807, 2.05) is 0 Å². The molecule has 4 atom stereocenters. The maximum absolute atomic E-state index is 12.8. The lowest BCUT2D eigenvalue weighted by Crippen LogP contribution is -2.57. The number of aromatic amines is 1. The normalized spacial score (nSPS) is 14.7. The summed E-state index contributed by atoms with van der Waals surface area (Å²) < 4.78 is 0. The highest BCUT2D eigenvalue weighted by atomic mass is 32.1. The fourth-order valence-electron chi connectivity index (χ4n) is 2.62. The molecule has 4 unspecified atom stereocenters. The highest BCUT2D eigenvalue weighted by Crippen LogP contribution is 2.05. The van der Waals surface area contributed by atoms with Crippen molar-refractivity contribution in [3.8, 4) is 0 Å². The topological polar surface area (TPSA) is 205 Å². The van der Waals surface area contributed by atoms with Crippen LogP contribution < -0.4 is 27.4 Å². The Morgan fingerprint density at radius 2 is 1.71 bits per heavy atom. The highest BCUT2D eigenvalue weighted by Gasteiger charge is 2.29. The zero-order chi connectivity index (χ0) is 23.4. The number of thiol groups is 1. The second kappa shape index (κ2) is 13.6. The molecule has 1 heterocycles. The van der Waals surface area contributed by atoms with Gasteiger partial charge in [0.1, 0.15) is 18.1 Å². The number of carboxylic acid groups (broad SMARTS) is 1. The third kappa shape index (κ3) is 9.36. The summed E-state index contributed by atoms with van der Waals surface area (Å²) >= 11 is 4.07. The number of hydrogen-bond acceptors (Lipinski definition) is 8. The number of hydrogen-bond donors (Lipinski definition) is 8. The standard InChI is InChI=1S/C18H31N7O5S/c1-10(20)15(26)25-14(8-31)17(28)23-12(4-2-3-5-19)16(27)24-13(18(29)30)6-11-7-21-9-22-11/h7,9-10,12-14,31H,2-6,8,19-20H2,1H3,(H,21,22)(H,23,28)(H,24,27)(H,25,26)(H,29,30). The van der Waals surface area contributed by atoms with E-state index >= 15 is 0 Å². The molecule has 0 radical (unpaired) electrons. The minimum Gasteiger partial charge on any atom is -0.480 e. The van der Waals surface area contributed by atoms with Crippen molar-refractivity contribution in [2.75, 3.05) is 12.3 Å². The van der Waals surface area contributed by atoms with Crippen molar-refractivity contribution < 1.29 is 24.3 Å². The lowest BCUT2D eigenvalue weighted by atomic mass is 10.1. The van der Waals surface area contributed by atoms with Crippen LogP contribution in [0.4, 0.5) is 0 Å². The van der Waals surface area contributed by atoms with Crippen LogP contribution in [0.1, 0.15) is 31.9 Å². The molecular formula is C18H31N7O5S. The molecule has 9 N–H and O–H groups in total. The van der Waals surface area contributed by atoms with Gasteiger partial charge < -0.3 is 37.5 Å². The number of carboxylic acids is 1. The molecule has 0 saturated carbocycles. The SMILES string of the molecule is CC(N)C(=O)NC(CS)C(=O)NC(CCCCN)C(=O)NC(Cc1cnc[nH]1)C(=O)O. The fourth-order valence-corrected chi connectivity index (χ4v) is 2.88. The van der Waals surface area contributed by atoms with Crippen LogP contribution >= 0.6 is 12.6 Å². The third-order valence-electron chi connectivity index (χ3n) is 4.40. The quantitative estimate of drug-likeness (QED) is 0.114. The van der Waals surface area contributed by atoms with Crippen LogP contribution in [0.25, 0.3) is 0 Å². The minimum atomic E-state index is -1.23. The second-order valence-corrected chi connectivity index (χ2v) is 7.42. The lowest BCUT2D eigenvalue weighted by molar-refractivity contribution is -0.142. The number of nitrogens with two attached hydrogens (primary N) is 2. The molecule has 0 aliphatic carbocycles. The van der Waals surface area contributed by atoms with E-state index in [0.717, 1.165) is 0 Å². The average molecular weight is 458 g/mol. The van der Waals surface area contributed by atoms with Crippen molar-refractivity contribution in [1.29, 1.82) is 0 Å². The molecule has 0 aliphatic heterocycles. The molecule has 1 rings (SSSR count). The van der Waals surface area contributed by atoms with E-state index < -0.39 is 47.9 Å². The number of carbonyl (C=O) groups excluding carboxylic acids is 3. The Balaban J connectivity index is 2.86. The van der Waals surface area contributed by atoms with Crippen molar-refractivity contribution in [3.63, 3.8) is 0 Å². The fraction of sp³-hybridized carbons (Fsp3) is 0.611.